The number of esters is 2. The summed E-state index contributed by atoms with van der Waals surface area (Å²) in [7, 11) is 0. The van der Waals surface area contributed by atoms with E-state index in [0.29, 0.717) is 5.56 Å². The number of thiazole rings is 1. The van der Waals surface area contributed by atoms with Gasteiger partial charge in [0.15, 0.2) is 0 Å². The molecule has 1 amide bonds. The zero-order valence-electron chi connectivity index (χ0n) is 14.2. The third kappa shape index (κ3) is 4.43. The monoisotopic (exact) mass is 382 g/mol. The van der Waals surface area contributed by atoms with E-state index in [2.05, 4.69) is 10.3 Å². The van der Waals surface area contributed by atoms with E-state index in [-0.39, 0.29) is 33.8 Å². The number of rotatable bonds is 6. The van der Waals surface area contributed by atoms with Crippen LogP contribution in [0.5, 0.6) is 0 Å². The fourth-order valence-electron chi connectivity index (χ4n) is 2.00. The van der Waals surface area contributed by atoms with E-state index in [1.54, 1.807) is 33.1 Å². The first kappa shape index (κ1) is 19.1. The van der Waals surface area contributed by atoms with Crippen molar-refractivity contribution in [3.8, 4) is 0 Å². The van der Waals surface area contributed by atoms with E-state index in [1.807, 2.05) is 0 Å². The Morgan fingerprint density at radius 2 is 2.00 bits per heavy atom. The van der Waals surface area contributed by atoms with Crippen molar-refractivity contribution in [2.24, 2.45) is 0 Å². The van der Waals surface area contributed by atoms with Crippen molar-refractivity contribution in [1.29, 1.82) is 0 Å². The van der Waals surface area contributed by atoms with Crippen LogP contribution in [0, 0.1) is 6.92 Å². The molecule has 0 saturated carbocycles. The number of carbonyl (C=O) groups is 3. The lowest BCUT2D eigenvalue weighted by atomic mass is 10.1. The number of nitrogens with zero attached hydrogens (tertiary/aromatic N) is 1. The van der Waals surface area contributed by atoms with Gasteiger partial charge in [-0.25, -0.2) is 14.6 Å². The van der Waals surface area contributed by atoms with Crippen LogP contribution in [0.4, 0.5) is 5.00 Å². The van der Waals surface area contributed by atoms with Gasteiger partial charge in [0, 0.05) is 5.38 Å². The molecule has 0 aromatic carbocycles. The standard InChI is InChI=1S/C16H18N2O5S2/c1-5-22-15(20)11-9(4)12(16(21)23-8(2)3)25-14(11)18-13(19)10-6-24-7-17-10/h6-8H,5H2,1-4H3,(H,18,19). The van der Waals surface area contributed by atoms with Gasteiger partial charge < -0.3 is 14.8 Å². The highest BCUT2D eigenvalue weighted by Crippen LogP contribution is 2.34. The molecule has 2 aromatic rings. The van der Waals surface area contributed by atoms with Gasteiger partial charge in [-0.3, -0.25) is 4.79 Å². The highest BCUT2D eigenvalue weighted by atomic mass is 32.1. The Bertz CT molecular complexity index is 781. The van der Waals surface area contributed by atoms with Crippen molar-refractivity contribution in [1.82, 2.24) is 4.98 Å². The van der Waals surface area contributed by atoms with Crippen LogP contribution in [0.15, 0.2) is 10.9 Å². The summed E-state index contributed by atoms with van der Waals surface area (Å²) in [6, 6.07) is 0. The summed E-state index contributed by atoms with van der Waals surface area (Å²) in [5.74, 6) is -1.61. The third-order valence-corrected chi connectivity index (χ3v) is 4.82. The molecule has 0 aliphatic carbocycles. The average Bonchev–Trinajstić information content (AvgIpc) is 3.15. The normalized spacial score (nSPS) is 10.6. The Morgan fingerprint density at radius 1 is 1.28 bits per heavy atom. The minimum atomic E-state index is -0.603. The molecular formula is C16H18N2O5S2. The summed E-state index contributed by atoms with van der Waals surface area (Å²) in [5.41, 5.74) is 2.35. The second-order valence-corrected chi connectivity index (χ2v) is 7.00. The van der Waals surface area contributed by atoms with Crippen LogP contribution in [0.2, 0.25) is 0 Å². The number of anilines is 1. The minimum absolute atomic E-state index is 0.158. The van der Waals surface area contributed by atoms with Crippen LogP contribution in [0.25, 0.3) is 0 Å². The molecule has 0 atom stereocenters. The van der Waals surface area contributed by atoms with Crippen molar-refractivity contribution in [3.05, 3.63) is 32.6 Å². The molecule has 2 rings (SSSR count). The van der Waals surface area contributed by atoms with E-state index >= 15 is 0 Å². The fraction of sp³-hybridized carbons (Fsp3) is 0.375. The summed E-state index contributed by atoms with van der Waals surface area (Å²) >= 11 is 2.27. The van der Waals surface area contributed by atoms with Gasteiger partial charge in [-0.1, -0.05) is 0 Å². The van der Waals surface area contributed by atoms with Gasteiger partial charge in [0.25, 0.3) is 5.91 Å². The number of hydrogen-bond donors (Lipinski definition) is 1. The Hall–Kier alpha value is -2.26. The van der Waals surface area contributed by atoms with E-state index in [9.17, 15) is 14.4 Å². The lowest BCUT2D eigenvalue weighted by Crippen LogP contribution is -2.15. The lowest BCUT2D eigenvalue weighted by Gasteiger charge is -2.07. The van der Waals surface area contributed by atoms with E-state index in [0.717, 1.165) is 11.3 Å². The quantitative estimate of drug-likeness (QED) is 0.768. The van der Waals surface area contributed by atoms with Gasteiger partial charge in [0.2, 0.25) is 0 Å². The molecule has 0 aliphatic heterocycles. The SMILES string of the molecule is CCOC(=O)c1c(NC(=O)c2cscn2)sc(C(=O)OC(C)C)c1C. The molecule has 1 N–H and O–H groups in total. The second-order valence-electron chi connectivity index (χ2n) is 5.26. The van der Waals surface area contributed by atoms with Crippen molar-refractivity contribution in [2.45, 2.75) is 33.8 Å². The molecule has 25 heavy (non-hydrogen) atoms. The van der Waals surface area contributed by atoms with E-state index in [1.165, 1.54) is 16.8 Å². The number of thiophene rings is 1. The minimum Gasteiger partial charge on any atom is -0.462 e. The van der Waals surface area contributed by atoms with Gasteiger partial charge in [-0.15, -0.1) is 22.7 Å². The molecule has 0 unspecified atom stereocenters. The Morgan fingerprint density at radius 3 is 2.56 bits per heavy atom. The van der Waals surface area contributed by atoms with Gasteiger partial charge in [0.1, 0.15) is 15.6 Å². The van der Waals surface area contributed by atoms with Crippen LogP contribution in [-0.4, -0.2) is 35.5 Å². The van der Waals surface area contributed by atoms with E-state index in [4.69, 9.17) is 9.47 Å². The topological polar surface area (TPSA) is 94.6 Å². The molecule has 0 bridgehead atoms. The molecule has 0 fully saturated rings. The first-order valence-corrected chi connectivity index (χ1v) is 9.32. The van der Waals surface area contributed by atoms with Gasteiger partial charge in [-0.05, 0) is 33.3 Å². The van der Waals surface area contributed by atoms with Crippen molar-refractivity contribution < 1.29 is 23.9 Å². The first-order chi connectivity index (χ1) is 11.8. The highest BCUT2D eigenvalue weighted by Gasteiger charge is 2.28. The molecule has 7 nitrogen and oxygen atoms in total. The maximum Gasteiger partial charge on any atom is 0.348 e. The number of amides is 1. The molecule has 0 aliphatic rings. The molecule has 0 spiro atoms. The summed E-state index contributed by atoms with van der Waals surface area (Å²) in [4.78, 5) is 41.0. The predicted octanol–water partition coefficient (Wildman–Crippen LogP) is 3.51. The fourth-order valence-corrected chi connectivity index (χ4v) is 3.61. The third-order valence-electron chi connectivity index (χ3n) is 3.05. The molecule has 0 radical (unpaired) electrons. The molecule has 9 heteroatoms. The molecule has 2 heterocycles. The molecule has 0 saturated heterocycles. The Balaban J connectivity index is 2.40. The lowest BCUT2D eigenvalue weighted by molar-refractivity contribution is 0.0383. The number of hydrogen-bond acceptors (Lipinski definition) is 8. The second kappa shape index (κ2) is 8.21. The summed E-state index contributed by atoms with van der Waals surface area (Å²) in [6.45, 7) is 6.95. The van der Waals surface area contributed by atoms with E-state index < -0.39 is 17.8 Å². The zero-order valence-corrected chi connectivity index (χ0v) is 15.9. The Kier molecular flexibility index (Phi) is 6.27. The zero-order chi connectivity index (χ0) is 18.6. The van der Waals surface area contributed by atoms with Crippen LogP contribution in [0.1, 0.15) is 56.9 Å². The van der Waals surface area contributed by atoms with Crippen LogP contribution in [-0.2, 0) is 9.47 Å². The summed E-state index contributed by atoms with van der Waals surface area (Å²) in [6.07, 6.45) is -0.298. The number of ether oxygens (including phenoxy) is 2. The van der Waals surface area contributed by atoms with Crippen LogP contribution in [0.3, 0.4) is 0 Å². The average molecular weight is 382 g/mol. The maximum absolute atomic E-state index is 12.3. The van der Waals surface area contributed by atoms with Crippen LogP contribution < -0.4 is 5.32 Å². The van der Waals surface area contributed by atoms with Crippen LogP contribution >= 0.6 is 22.7 Å². The van der Waals surface area contributed by atoms with Gasteiger partial charge >= 0.3 is 11.9 Å². The number of carbonyl (C=O) groups excluding carboxylic acids is 3. The smallest absolute Gasteiger partial charge is 0.348 e. The predicted molar refractivity (Wildman–Crippen MR) is 95.6 cm³/mol. The first-order valence-electron chi connectivity index (χ1n) is 7.56. The van der Waals surface area contributed by atoms with Crippen molar-refractivity contribution in [3.63, 3.8) is 0 Å². The summed E-state index contributed by atoms with van der Waals surface area (Å²) < 4.78 is 10.2. The number of aromatic nitrogens is 1. The van der Waals surface area contributed by atoms with Gasteiger partial charge in [-0.2, -0.15) is 0 Å². The van der Waals surface area contributed by atoms with Gasteiger partial charge in [0.05, 0.1) is 23.8 Å². The largest absolute Gasteiger partial charge is 0.462 e. The van der Waals surface area contributed by atoms with Crippen molar-refractivity contribution in [2.75, 3.05) is 11.9 Å². The molecular weight excluding hydrogens is 364 g/mol. The number of nitrogens with one attached hydrogen (secondary N) is 1. The molecule has 2 aromatic heterocycles. The highest BCUT2D eigenvalue weighted by molar-refractivity contribution is 7.18. The summed E-state index contributed by atoms with van der Waals surface area (Å²) in [5, 5.41) is 4.47. The van der Waals surface area contributed by atoms with Crippen molar-refractivity contribution >= 4 is 45.5 Å². The molecule has 134 valence electrons. The Labute approximate surface area is 153 Å². The maximum atomic E-state index is 12.3.